The van der Waals surface area contributed by atoms with Crippen molar-refractivity contribution in [2.24, 2.45) is 0 Å². The zero-order valence-corrected chi connectivity index (χ0v) is 9.11. The van der Waals surface area contributed by atoms with Gasteiger partial charge >= 0.3 is 6.09 Å². The fraction of sp³-hybridized carbons (Fsp3) is 0.308. The Kier molecular flexibility index (Phi) is 3.25. The number of alkyl carbamates (subject to hydrolysis) is 1. The average Bonchev–Trinajstić information content (AvgIpc) is 2.27. The van der Waals surface area contributed by atoms with Gasteiger partial charge in [0.15, 0.2) is 0 Å². The van der Waals surface area contributed by atoms with Crippen molar-refractivity contribution in [1.29, 1.82) is 0 Å². The van der Waals surface area contributed by atoms with Gasteiger partial charge in [0, 0.05) is 12.5 Å². The monoisotopic (exact) mass is 217 g/mol. The average molecular weight is 217 g/mol. The molecule has 1 saturated heterocycles. The second-order valence-corrected chi connectivity index (χ2v) is 4.00. The largest absolute Gasteiger partial charge is 0.415 e. The van der Waals surface area contributed by atoms with Crippen LogP contribution in [-0.2, 0) is 11.2 Å². The van der Waals surface area contributed by atoms with Crippen LogP contribution in [0.15, 0.2) is 42.7 Å². The van der Waals surface area contributed by atoms with Crippen molar-refractivity contribution in [3.8, 4) is 0 Å². The number of rotatable bonds is 3. The second kappa shape index (κ2) is 4.84. The van der Waals surface area contributed by atoms with E-state index in [-0.39, 0.29) is 12.1 Å². The molecule has 3 nitrogen and oxygen atoms in total. The molecule has 1 unspecified atom stereocenters. The molecule has 1 aliphatic heterocycles. The highest BCUT2D eigenvalue weighted by Gasteiger charge is 2.21. The third-order valence-electron chi connectivity index (χ3n) is 2.66. The van der Waals surface area contributed by atoms with Crippen LogP contribution in [0, 0.1) is 0 Å². The standard InChI is InChI=1S/C13H15NO2/c1-10-9-12(14-13(15)16-10)8-7-11-5-3-2-4-6-11/h2-6,12H,1,7-9H2,(H,14,15). The van der Waals surface area contributed by atoms with Gasteiger partial charge in [0.25, 0.3) is 0 Å². The Balaban J connectivity index is 1.86. The lowest BCUT2D eigenvalue weighted by Gasteiger charge is -2.24. The first-order chi connectivity index (χ1) is 7.74. The lowest BCUT2D eigenvalue weighted by molar-refractivity contribution is 0.149. The zero-order chi connectivity index (χ0) is 11.4. The van der Waals surface area contributed by atoms with Crippen LogP contribution < -0.4 is 5.32 Å². The lowest BCUT2D eigenvalue weighted by atomic mass is 10.0. The predicted molar refractivity (Wildman–Crippen MR) is 61.9 cm³/mol. The third-order valence-corrected chi connectivity index (χ3v) is 2.66. The number of amides is 1. The maximum absolute atomic E-state index is 11.1. The summed E-state index contributed by atoms with van der Waals surface area (Å²) in [5.74, 6) is 0.557. The Labute approximate surface area is 95.1 Å². The van der Waals surface area contributed by atoms with Crippen molar-refractivity contribution in [3.05, 3.63) is 48.2 Å². The van der Waals surface area contributed by atoms with E-state index in [0.717, 1.165) is 12.8 Å². The number of nitrogens with one attached hydrogen (secondary N) is 1. The molecule has 1 heterocycles. The maximum atomic E-state index is 11.1. The number of aryl methyl sites for hydroxylation is 1. The number of cyclic esters (lactones) is 1. The predicted octanol–water partition coefficient (Wildman–Crippen LogP) is 2.63. The molecular formula is C13H15NO2. The van der Waals surface area contributed by atoms with Gasteiger partial charge in [-0.2, -0.15) is 0 Å². The smallest absolute Gasteiger partial charge is 0.412 e. The summed E-state index contributed by atoms with van der Waals surface area (Å²) in [6.07, 6.45) is 2.20. The Morgan fingerprint density at radius 2 is 2.12 bits per heavy atom. The molecule has 1 fully saturated rings. The van der Waals surface area contributed by atoms with Crippen LogP contribution in [0.2, 0.25) is 0 Å². The van der Waals surface area contributed by atoms with Crippen LogP contribution in [0.3, 0.4) is 0 Å². The van der Waals surface area contributed by atoms with Gasteiger partial charge in [-0.25, -0.2) is 4.79 Å². The summed E-state index contributed by atoms with van der Waals surface area (Å²) in [7, 11) is 0. The Morgan fingerprint density at radius 1 is 1.38 bits per heavy atom. The number of carbonyl (C=O) groups is 1. The summed E-state index contributed by atoms with van der Waals surface area (Å²) in [5, 5.41) is 2.80. The molecule has 3 heteroatoms. The van der Waals surface area contributed by atoms with E-state index < -0.39 is 0 Å². The highest BCUT2D eigenvalue weighted by molar-refractivity contribution is 5.69. The summed E-state index contributed by atoms with van der Waals surface area (Å²) in [4.78, 5) is 11.1. The Bertz CT molecular complexity index is 370. The van der Waals surface area contributed by atoms with Gasteiger partial charge in [0.1, 0.15) is 5.76 Å². The molecule has 1 aliphatic rings. The van der Waals surface area contributed by atoms with Gasteiger partial charge in [-0.15, -0.1) is 0 Å². The van der Waals surface area contributed by atoms with Crippen molar-refractivity contribution in [2.75, 3.05) is 0 Å². The molecule has 1 amide bonds. The first-order valence-corrected chi connectivity index (χ1v) is 5.44. The Hall–Kier alpha value is -1.77. The van der Waals surface area contributed by atoms with Crippen LogP contribution in [-0.4, -0.2) is 12.1 Å². The molecule has 0 aromatic heterocycles. The van der Waals surface area contributed by atoms with E-state index in [4.69, 9.17) is 4.74 Å². The van der Waals surface area contributed by atoms with E-state index in [1.165, 1.54) is 5.56 Å². The SMILES string of the molecule is C=C1CC(CCc2ccccc2)NC(=O)O1. The molecule has 2 rings (SSSR count). The molecule has 0 saturated carbocycles. The fourth-order valence-corrected chi connectivity index (χ4v) is 1.85. The topological polar surface area (TPSA) is 38.3 Å². The van der Waals surface area contributed by atoms with Crippen molar-refractivity contribution in [2.45, 2.75) is 25.3 Å². The highest BCUT2D eigenvalue weighted by Crippen LogP contribution is 2.16. The number of carbonyl (C=O) groups excluding carboxylic acids is 1. The normalized spacial score (nSPS) is 20.1. The molecule has 0 radical (unpaired) electrons. The van der Waals surface area contributed by atoms with Gasteiger partial charge < -0.3 is 10.1 Å². The molecular weight excluding hydrogens is 202 g/mol. The first kappa shape index (κ1) is 10.7. The summed E-state index contributed by atoms with van der Waals surface area (Å²) in [6.45, 7) is 3.69. The summed E-state index contributed by atoms with van der Waals surface area (Å²) >= 11 is 0. The van der Waals surface area contributed by atoms with E-state index in [9.17, 15) is 4.79 Å². The molecule has 1 N–H and O–H groups in total. The van der Waals surface area contributed by atoms with E-state index in [0.29, 0.717) is 12.2 Å². The zero-order valence-electron chi connectivity index (χ0n) is 9.11. The maximum Gasteiger partial charge on any atom is 0.412 e. The second-order valence-electron chi connectivity index (χ2n) is 4.00. The summed E-state index contributed by atoms with van der Waals surface area (Å²) in [5.41, 5.74) is 1.29. The van der Waals surface area contributed by atoms with Crippen molar-refractivity contribution >= 4 is 6.09 Å². The van der Waals surface area contributed by atoms with Gasteiger partial charge in [-0.1, -0.05) is 36.9 Å². The molecule has 0 bridgehead atoms. The molecule has 16 heavy (non-hydrogen) atoms. The summed E-state index contributed by atoms with van der Waals surface area (Å²) in [6, 6.07) is 10.4. The van der Waals surface area contributed by atoms with Gasteiger partial charge in [-0.05, 0) is 18.4 Å². The molecule has 84 valence electrons. The third kappa shape index (κ3) is 2.86. The summed E-state index contributed by atoms with van der Waals surface area (Å²) < 4.78 is 4.82. The van der Waals surface area contributed by atoms with Crippen LogP contribution >= 0.6 is 0 Å². The van der Waals surface area contributed by atoms with Crippen LogP contribution in [0.4, 0.5) is 4.79 Å². The number of hydrogen-bond acceptors (Lipinski definition) is 2. The van der Waals surface area contributed by atoms with Crippen molar-refractivity contribution in [1.82, 2.24) is 5.32 Å². The molecule has 0 spiro atoms. The quantitative estimate of drug-likeness (QED) is 0.845. The Morgan fingerprint density at radius 3 is 2.81 bits per heavy atom. The van der Waals surface area contributed by atoms with Crippen LogP contribution in [0.1, 0.15) is 18.4 Å². The van der Waals surface area contributed by atoms with Gasteiger partial charge in [-0.3, -0.25) is 0 Å². The fourth-order valence-electron chi connectivity index (χ4n) is 1.85. The molecule has 1 atom stereocenters. The van der Waals surface area contributed by atoms with E-state index in [1.807, 2.05) is 18.2 Å². The minimum atomic E-state index is -0.380. The highest BCUT2D eigenvalue weighted by atomic mass is 16.6. The lowest BCUT2D eigenvalue weighted by Crippen LogP contribution is -2.40. The molecule has 1 aromatic rings. The number of hydrogen-bond donors (Lipinski definition) is 1. The van der Waals surface area contributed by atoms with Crippen molar-refractivity contribution < 1.29 is 9.53 Å². The van der Waals surface area contributed by atoms with Crippen LogP contribution in [0.5, 0.6) is 0 Å². The van der Waals surface area contributed by atoms with Gasteiger partial charge in [0.2, 0.25) is 0 Å². The van der Waals surface area contributed by atoms with Gasteiger partial charge in [0.05, 0.1) is 0 Å². The van der Waals surface area contributed by atoms with E-state index in [2.05, 4.69) is 24.0 Å². The minimum Gasteiger partial charge on any atom is -0.415 e. The van der Waals surface area contributed by atoms with E-state index >= 15 is 0 Å². The first-order valence-electron chi connectivity index (χ1n) is 5.44. The van der Waals surface area contributed by atoms with E-state index in [1.54, 1.807) is 0 Å². The molecule has 0 aliphatic carbocycles. The minimum absolute atomic E-state index is 0.147. The van der Waals surface area contributed by atoms with Crippen LogP contribution in [0.25, 0.3) is 0 Å². The number of benzene rings is 1. The number of ether oxygens (including phenoxy) is 1. The molecule has 1 aromatic carbocycles. The van der Waals surface area contributed by atoms with Crippen molar-refractivity contribution in [3.63, 3.8) is 0 Å².